The highest BCUT2D eigenvalue weighted by molar-refractivity contribution is 9.10. The molecule has 1 aliphatic heterocycles. The minimum atomic E-state index is -4.58. The molecule has 1 saturated heterocycles. The number of piperidine rings is 1. The van der Waals surface area contributed by atoms with E-state index in [9.17, 15) is 23.1 Å². The first-order chi connectivity index (χ1) is 11.0. The highest BCUT2D eigenvalue weighted by atomic mass is 79.9. The van der Waals surface area contributed by atoms with E-state index in [1.165, 1.54) is 29.2 Å². The highest BCUT2D eigenvalue weighted by Gasteiger charge is 2.46. The fraction of sp³-hybridized carbons (Fsp3) is 0.562. The number of carbonyl (C=O) groups excluding carboxylic acids is 1. The van der Waals surface area contributed by atoms with Crippen molar-refractivity contribution in [1.29, 1.82) is 0 Å². The molecular weight excluding hydrogens is 389 g/mol. The predicted molar refractivity (Wildman–Crippen MR) is 87.5 cm³/mol. The lowest BCUT2D eigenvalue weighted by Crippen LogP contribution is -2.51. The van der Waals surface area contributed by atoms with Crippen LogP contribution in [-0.2, 0) is 0 Å². The number of hydrogen-bond donors (Lipinski definition) is 1. The van der Waals surface area contributed by atoms with Crippen LogP contribution in [0.4, 0.5) is 18.0 Å². The first-order valence-corrected chi connectivity index (χ1v) is 8.37. The molecule has 0 spiro atoms. The Kier molecular flexibility index (Phi) is 5.49. The molecule has 0 aromatic heterocycles. The molecule has 2 rings (SSSR count). The van der Waals surface area contributed by atoms with Gasteiger partial charge < -0.3 is 14.9 Å². The lowest BCUT2D eigenvalue weighted by atomic mass is 9.94. The number of benzene rings is 1. The van der Waals surface area contributed by atoms with E-state index in [0.717, 1.165) is 11.9 Å². The molecular formula is C16H20BrF3N2O2. The quantitative estimate of drug-likeness (QED) is 0.804. The summed E-state index contributed by atoms with van der Waals surface area (Å²) in [5.41, 5.74) is -0.865. The maximum absolute atomic E-state index is 13.5. The van der Waals surface area contributed by atoms with Crippen LogP contribution in [-0.4, -0.2) is 52.9 Å². The van der Waals surface area contributed by atoms with E-state index >= 15 is 0 Å². The van der Waals surface area contributed by atoms with Crippen LogP contribution in [0, 0.1) is 0 Å². The average molecular weight is 409 g/mol. The van der Waals surface area contributed by atoms with Crippen molar-refractivity contribution >= 4 is 22.0 Å². The van der Waals surface area contributed by atoms with E-state index in [2.05, 4.69) is 15.9 Å². The molecule has 1 unspecified atom stereocenters. The van der Waals surface area contributed by atoms with Crippen LogP contribution >= 0.6 is 15.9 Å². The SMILES string of the molecule is CN(C(=O)N1CCC(C)(O)CC1)C(c1ccc(Br)cc1)C(F)(F)F. The van der Waals surface area contributed by atoms with Gasteiger partial charge in [0.05, 0.1) is 5.60 Å². The molecule has 134 valence electrons. The van der Waals surface area contributed by atoms with Gasteiger partial charge in [0.2, 0.25) is 0 Å². The van der Waals surface area contributed by atoms with E-state index in [0.29, 0.717) is 17.3 Å². The Balaban J connectivity index is 2.20. The van der Waals surface area contributed by atoms with Crippen molar-refractivity contribution in [2.75, 3.05) is 20.1 Å². The summed E-state index contributed by atoms with van der Waals surface area (Å²) >= 11 is 3.19. The van der Waals surface area contributed by atoms with Crippen molar-refractivity contribution in [3.8, 4) is 0 Å². The molecule has 0 radical (unpaired) electrons. The Morgan fingerprint density at radius 2 is 1.79 bits per heavy atom. The van der Waals surface area contributed by atoms with Crippen LogP contribution < -0.4 is 0 Å². The summed E-state index contributed by atoms with van der Waals surface area (Å²) in [7, 11) is 1.16. The van der Waals surface area contributed by atoms with E-state index in [4.69, 9.17) is 0 Å². The summed E-state index contributed by atoms with van der Waals surface area (Å²) in [5, 5.41) is 9.92. The number of rotatable bonds is 2. The van der Waals surface area contributed by atoms with E-state index in [1.807, 2.05) is 0 Å². The molecule has 8 heteroatoms. The van der Waals surface area contributed by atoms with Crippen molar-refractivity contribution in [2.45, 2.75) is 37.6 Å². The third kappa shape index (κ3) is 4.42. The molecule has 1 aromatic carbocycles. The van der Waals surface area contributed by atoms with Crippen LogP contribution in [0.3, 0.4) is 0 Å². The van der Waals surface area contributed by atoms with Crippen LogP contribution in [0.2, 0.25) is 0 Å². The summed E-state index contributed by atoms with van der Waals surface area (Å²) in [6.07, 6.45) is -3.89. The number of aliphatic hydroxyl groups is 1. The van der Waals surface area contributed by atoms with Gasteiger partial charge in [-0.25, -0.2) is 4.79 Å². The second-order valence-corrected chi connectivity index (χ2v) is 7.29. The predicted octanol–water partition coefficient (Wildman–Crippen LogP) is 3.95. The Morgan fingerprint density at radius 1 is 1.29 bits per heavy atom. The second kappa shape index (κ2) is 6.92. The van der Waals surface area contributed by atoms with E-state index in [1.54, 1.807) is 6.92 Å². The number of hydrogen-bond acceptors (Lipinski definition) is 2. The maximum Gasteiger partial charge on any atom is 0.413 e. The van der Waals surface area contributed by atoms with Gasteiger partial charge in [-0.1, -0.05) is 28.1 Å². The molecule has 1 fully saturated rings. The largest absolute Gasteiger partial charge is 0.413 e. The molecule has 1 aromatic rings. The molecule has 0 bridgehead atoms. The van der Waals surface area contributed by atoms with Gasteiger partial charge >= 0.3 is 12.2 Å². The molecule has 2 amide bonds. The fourth-order valence-electron chi connectivity index (χ4n) is 2.79. The molecule has 1 aliphatic rings. The van der Waals surface area contributed by atoms with Gasteiger partial charge in [-0.15, -0.1) is 0 Å². The number of likely N-dealkylation sites (tertiary alicyclic amines) is 1. The van der Waals surface area contributed by atoms with Crippen LogP contribution in [0.5, 0.6) is 0 Å². The maximum atomic E-state index is 13.5. The number of nitrogens with zero attached hydrogens (tertiary/aromatic N) is 2. The lowest BCUT2D eigenvalue weighted by Gasteiger charge is -2.39. The zero-order valence-electron chi connectivity index (χ0n) is 13.5. The van der Waals surface area contributed by atoms with Gasteiger partial charge in [0.1, 0.15) is 0 Å². The van der Waals surface area contributed by atoms with Crippen LogP contribution in [0.1, 0.15) is 31.4 Å². The van der Waals surface area contributed by atoms with E-state index in [-0.39, 0.29) is 18.7 Å². The first-order valence-electron chi connectivity index (χ1n) is 7.57. The standard InChI is InChI=1S/C16H20BrF3N2O2/c1-15(24)7-9-22(10-8-15)14(23)21(2)13(16(18,19)20)11-3-5-12(17)6-4-11/h3-6,13,24H,7-10H2,1-2H3. The Bertz CT molecular complexity index is 580. The number of carbonyl (C=O) groups is 1. The Hall–Kier alpha value is -1.28. The normalized spacial score (nSPS) is 19.0. The summed E-state index contributed by atoms with van der Waals surface area (Å²) < 4.78 is 41.3. The monoisotopic (exact) mass is 408 g/mol. The molecule has 24 heavy (non-hydrogen) atoms. The molecule has 1 atom stereocenters. The molecule has 1 N–H and O–H groups in total. The number of alkyl halides is 3. The molecule has 0 aliphatic carbocycles. The lowest BCUT2D eigenvalue weighted by molar-refractivity contribution is -0.177. The van der Waals surface area contributed by atoms with Gasteiger partial charge in [-0.2, -0.15) is 13.2 Å². The smallest absolute Gasteiger partial charge is 0.390 e. The topological polar surface area (TPSA) is 43.8 Å². The van der Waals surface area contributed by atoms with Crippen molar-refractivity contribution < 1.29 is 23.1 Å². The molecule has 4 nitrogen and oxygen atoms in total. The second-order valence-electron chi connectivity index (χ2n) is 6.37. The zero-order chi connectivity index (χ0) is 18.1. The van der Waals surface area contributed by atoms with E-state index < -0.39 is 23.9 Å². The van der Waals surface area contributed by atoms with Gasteiger partial charge in [0.25, 0.3) is 0 Å². The zero-order valence-corrected chi connectivity index (χ0v) is 15.1. The van der Waals surface area contributed by atoms with Crippen molar-refractivity contribution in [1.82, 2.24) is 9.80 Å². The van der Waals surface area contributed by atoms with Crippen molar-refractivity contribution in [3.63, 3.8) is 0 Å². The minimum Gasteiger partial charge on any atom is -0.390 e. The number of amides is 2. The number of urea groups is 1. The Labute approximate surface area is 147 Å². The molecule has 1 heterocycles. The third-order valence-electron chi connectivity index (χ3n) is 4.30. The van der Waals surface area contributed by atoms with Gasteiger partial charge in [-0.05, 0) is 37.5 Å². The van der Waals surface area contributed by atoms with Gasteiger partial charge in [0.15, 0.2) is 6.04 Å². The van der Waals surface area contributed by atoms with Crippen LogP contribution in [0.15, 0.2) is 28.7 Å². The average Bonchev–Trinajstić information content (AvgIpc) is 2.47. The third-order valence-corrected chi connectivity index (χ3v) is 4.82. The molecule has 0 saturated carbocycles. The van der Waals surface area contributed by atoms with Crippen molar-refractivity contribution in [3.05, 3.63) is 34.3 Å². The Morgan fingerprint density at radius 3 is 2.25 bits per heavy atom. The fourth-order valence-corrected chi connectivity index (χ4v) is 3.05. The first kappa shape index (κ1) is 19.1. The minimum absolute atomic E-state index is 0.00514. The van der Waals surface area contributed by atoms with Gasteiger partial charge in [-0.3, -0.25) is 0 Å². The highest BCUT2D eigenvalue weighted by Crippen LogP contribution is 2.38. The summed E-state index contributed by atoms with van der Waals surface area (Å²) in [4.78, 5) is 14.6. The van der Waals surface area contributed by atoms with Crippen molar-refractivity contribution in [2.24, 2.45) is 0 Å². The van der Waals surface area contributed by atoms with Crippen LogP contribution in [0.25, 0.3) is 0 Å². The summed E-state index contributed by atoms with van der Waals surface area (Å²) in [6.45, 7) is 2.14. The van der Waals surface area contributed by atoms with Gasteiger partial charge in [0, 0.05) is 24.6 Å². The number of halogens is 4. The summed E-state index contributed by atoms with van der Waals surface area (Å²) in [5.74, 6) is 0. The summed E-state index contributed by atoms with van der Waals surface area (Å²) in [6, 6.07) is 3.05.